The molecule has 0 spiro atoms. The lowest BCUT2D eigenvalue weighted by atomic mass is 10.2. The average Bonchev–Trinajstić information content (AvgIpc) is 2.05. The molecule has 0 unspecified atom stereocenters. The molecule has 1 rings (SSSR count). The van der Waals surface area contributed by atoms with Crippen molar-refractivity contribution in [2.45, 2.75) is 18.7 Å². The highest BCUT2D eigenvalue weighted by atomic mass is 32.2. The Kier molecular flexibility index (Phi) is 2.74. The molecule has 13 heavy (non-hydrogen) atoms. The van der Waals surface area contributed by atoms with E-state index in [2.05, 4.69) is 11.2 Å². The Morgan fingerprint density at radius 2 is 1.69 bits per heavy atom. The molecule has 0 atom stereocenters. The van der Waals surface area contributed by atoms with E-state index in [9.17, 15) is 8.42 Å². The van der Waals surface area contributed by atoms with Gasteiger partial charge >= 0.3 is 0 Å². The van der Waals surface area contributed by atoms with Crippen LogP contribution in [-0.2, 0) is 9.84 Å². The fourth-order valence-corrected chi connectivity index (χ4v) is 1.79. The van der Waals surface area contributed by atoms with Gasteiger partial charge in [0.2, 0.25) is 9.84 Å². The minimum absolute atomic E-state index is 0.257. The fraction of sp³-hybridized carbons (Fsp3) is 0.200. The Bertz CT molecular complexity index is 444. The molecule has 0 bridgehead atoms. The number of hydrogen-bond donors (Lipinski definition) is 0. The Labute approximate surface area is 78.5 Å². The summed E-state index contributed by atoms with van der Waals surface area (Å²) in [5.74, 6) is 2.38. The zero-order valence-electron chi connectivity index (χ0n) is 7.53. The van der Waals surface area contributed by atoms with Crippen LogP contribution < -0.4 is 0 Å². The Balaban J connectivity index is 3.22. The SMILES string of the molecule is CC#CS(=O)(=O)c1ccc(C)cc1. The summed E-state index contributed by atoms with van der Waals surface area (Å²) >= 11 is 0. The first kappa shape index (κ1) is 9.82. The van der Waals surface area contributed by atoms with Crippen LogP contribution in [0.1, 0.15) is 12.5 Å². The van der Waals surface area contributed by atoms with E-state index >= 15 is 0 Å². The van der Waals surface area contributed by atoms with Gasteiger partial charge in [0, 0.05) is 5.25 Å². The fourth-order valence-electron chi connectivity index (χ4n) is 0.911. The molecule has 0 amide bonds. The lowest BCUT2D eigenvalue weighted by Crippen LogP contribution is -1.96. The molecule has 0 aliphatic heterocycles. The monoisotopic (exact) mass is 194 g/mol. The third-order valence-electron chi connectivity index (χ3n) is 1.57. The highest BCUT2D eigenvalue weighted by Gasteiger charge is 2.08. The first-order valence-electron chi connectivity index (χ1n) is 3.81. The van der Waals surface area contributed by atoms with Crippen LogP contribution in [0, 0.1) is 18.1 Å². The van der Waals surface area contributed by atoms with E-state index < -0.39 is 9.84 Å². The minimum atomic E-state index is -3.39. The molecule has 3 heteroatoms. The Hall–Kier alpha value is -1.27. The topological polar surface area (TPSA) is 34.1 Å². The number of sulfone groups is 1. The van der Waals surface area contributed by atoms with E-state index in [4.69, 9.17) is 0 Å². The number of rotatable bonds is 1. The highest BCUT2D eigenvalue weighted by molar-refractivity contribution is 7.96. The maximum atomic E-state index is 11.4. The average molecular weight is 194 g/mol. The Morgan fingerprint density at radius 3 is 2.15 bits per heavy atom. The van der Waals surface area contributed by atoms with E-state index in [-0.39, 0.29) is 4.90 Å². The van der Waals surface area contributed by atoms with Crippen LogP contribution in [0.5, 0.6) is 0 Å². The largest absolute Gasteiger partial charge is 0.245 e. The zero-order valence-corrected chi connectivity index (χ0v) is 8.35. The summed E-state index contributed by atoms with van der Waals surface area (Å²) in [7, 11) is -3.39. The lowest BCUT2D eigenvalue weighted by Gasteiger charge is -1.96. The van der Waals surface area contributed by atoms with Crippen LogP contribution in [0.25, 0.3) is 0 Å². The summed E-state index contributed by atoms with van der Waals surface area (Å²) in [5.41, 5.74) is 1.03. The summed E-state index contributed by atoms with van der Waals surface area (Å²) in [6.07, 6.45) is 0. The number of hydrogen-bond acceptors (Lipinski definition) is 2. The number of benzene rings is 1. The van der Waals surface area contributed by atoms with Crippen LogP contribution in [0.15, 0.2) is 29.2 Å². The first-order chi connectivity index (χ1) is 6.06. The molecule has 0 saturated heterocycles. The second-order valence-corrected chi connectivity index (χ2v) is 4.35. The van der Waals surface area contributed by atoms with Gasteiger partial charge in [0.1, 0.15) is 0 Å². The van der Waals surface area contributed by atoms with Gasteiger partial charge in [-0.2, -0.15) is 0 Å². The predicted octanol–water partition coefficient (Wildman–Crippen LogP) is 1.75. The number of aryl methyl sites for hydroxylation is 1. The molecular formula is C10H10O2S. The molecule has 0 N–H and O–H groups in total. The smallest absolute Gasteiger partial charge is 0.210 e. The van der Waals surface area contributed by atoms with E-state index in [1.807, 2.05) is 6.92 Å². The molecule has 1 aromatic rings. The molecule has 0 radical (unpaired) electrons. The van der Waals surface area contributed by atoms with Crippen molar-refractivity contribution in [3.63, 3.8) is 0 Å². The summed E-state index contributed by atoms with van der Waals surface area (Å²) in [6.45, 7) is 3.41. The van der Waals surface area contributed by atoms with Gasteiger partial charge < -0.3 is 0 Å². The second kappa shape index (κ2) is 3.63. The normalized spacial score (nSPS) is 10.3. The van der Waals surface area contributed by atoms with Gasteiger partial charge in [-0.05, 0) is 26.0 Å². The van der Waals surface area contributed by atoms with Gasteiger partial charge in [-0.25, -0.2) is 8.42 Å². The summed E-state index contributed by atoms with van der Waals surface area (Å²) in [5, 5.41) is 2.18. The predicted molar refractivity (Wildman–Crippen MR) is 51.8 cm³/mol. The van der Waals surface area contributed by atoms with Crippen LogP contribution in [-0.4, -0.2) is 8.42 Å². The first-order valence-corrected chi connectivity index (χ1v) is 5.30. The zero-order chi connectivity index (χ0) is 9.90. The van der Waals surface area contributed by atoms with Crippen molar-refractivity contribution in [2.75, 3.05) is 0 Å². The lowest BCUT2D eigenvalue weighted by molar-refractivity contribution is 0.606. The van der Waals surface area contributed by atoms with Crippen molar-refractivity contribution in [1.82, 2.24) is 0 Å². The molecule has 0 saturated carbocycles. The van der Waals surface area contributed by atoms with Crippen LogP contribution in [0.2, 0.25) is 0 Å². The van der Waals surface area contributed by atoms with E-state index in [1.165, 1.54) is 6.92 Å². The molecule has 2 nitrogen and oxygen atoms in total. The molecule has 0 aliphatic carbocycles. The van der Waals surface area contributed by atoms with Gasteiger partial charge in [0.25, 0.3) is 0 Å². The molecule has 0 fully saturated rings. The highest BCUT2D eigenvalue weighted by Crippen LogP contribution is 2.10. The molecule has 0 aromatic heterocycles. The molecule has 0 heterocycles. The summed E-state index contributed by atoms with van der Waals surface area (Å²) in [4.78, 5) is 0.257. The van der Waals surface area contributed by atoms with Crippen molar-refractivity contribution >= 4 is 9.84 Å². The second-order valence-electron chi connectivity index (χ2n) is 2.67. The molecule has 68 valence electrons. The standard InChI is InChI=1S/C10H10O2S/c1-3-8-13(11,12)10-6-4-9(2)5-7-10/h4-7H,1-2H3. The maximum absolute atomic E-state index is 11.4. The molecule has 0 aliphatic rings. The molecular weight excluding hydrogens is 184 g/mol. The van der Waals surface area contributed by atoms with Gasteiger partial charge in [-0.1, -0.05) is 23.6 Å². The van der Waals surface area contributed by atoms with Gasteiger partial charge in [0.05, 0.1) is 4.90 Å². The van der Waals surface area contributed by atoms with Crippen LogP contribution in [0.3, 0.4) is 0 Å². The van der Waals surface area contributed by atoms with Crippen molar-refractivity contribution in [3.05, 3.63) is 29.8 Å². The summed E-state index contributed by atoms with van der Waals surface area (Å²) in [6, 6.07) is 6.64. The third-order valence-corrected chi connectivity index (χ3v) is 2.93. The third kappa shape index (κ3) is 2.33. The van der Waals surface area contributed by atoms with Gasteiger partial charge in [0.15, 0.2) is 0 Å². The van der Waals surface area contributed by atoms with Crippen molar-refractivity contribution in [1.29, 1.82) is 0 Å². The van der Waals surface area contributed by atoms with Crippen molar-refractivity contribution in [3.8, 4) is 11.2 Å². The minimum Gasteiger partial charge on any atom is -0.210 e. The van der Waals surface area contributed by atoms with E-state index in [0.717, 1.165) is 5.56 Å². The Morgan fingerprint density at radius 1 is 1.15 bits per heavy atom. The van der Waals surface area contributed by atoms with Crippen molar-refractivity contribution in [2.24, 2.45) is 0 Å². The quantitative estimate of drug-likeness (QED) is 0.504. The maximum Gasteiger partial charge on any atom is 0.245 e. The van der Waals surface area contributed by atoms with Crippen LogP contribution in [0.4, 0.5) is 0 Å². The van der Waals surface area contributed by atoms with Gasteiger partial charge in [-0.3, -0.25) is 0 Å². The van der Waals surface area contributed by atoms with Gasteiger partial charge in [-0.15, -0.1) is 0 Å². The van der Waals surface area contributed by atoms with Crippen LogP contribution >= 0.6 is 0 Å². The molecule has 1 aromatic carbocycles. The van der Waals surface area contributed by atoms with E-state index in [0.29, 0.717) is 0 Å². The van der Waals surface area contributed by atoms with Crippen molar-refractivity contribution < 1.29 is 8.42 Å². The summed E-state index contributed by atoms with van der Waals surface area (Å²) < 4.78 is 22.7. The van der Waals surface area contributed by atoms with E-state index in [1.54, 1.807) is 24.3 Å².